The summed E-state index contributed by atoms with van der Waals surface area (Å²) in [6.45, 7) is 0. The van der Waals surface area contributed by atoms with Crippen LogP contribution in [0.5, 0.6) is 0 Å². The molecule has 1 rings (SSSR count). The molecular formula is C3H6FN3. The number of H-pyrrole nitrogens is 1. The van der Waals surface area contributed by atoms with E-state index in [1.807, 2.05) is 0 Å². The van der Waals surface area contributed by atoms with Crippen LogP contribution in [0.25, 0.3) is 0 Å². The van der Waals surface area contributed by atoms with E-state index in [1.54, 1.807) is 0 Å². The van der Waals surface area contributed by atoms with Gasteiger partial charge in [-0.25, -0.2) is 4.98 Å². The van der Waals surface area contributed by atoms with Gasteiger partial charge in [0.2, 0.25) is 0 Å². The summed E-state index contributed by atoms with van der Waals surface area (Å²) in [7, 11) is 0.500. The Bertz CT molecular complexity index is 66.7. The standard InChI is InChI=1S/C2H3N3.CH3F/c1-3-2-5-4-1;1-2/h1-2H,(H,3,4,5);1H3. The molecule has 1 heterocycles. The number of halogens is 1. The molecule has 0 amide bonds. The molecule has 0 aliphatic carbocycles. The Labute approximate surface area is 40.6 Å². The van der Waals surface area contributed by atoms with E-state index in [0.717, 1.165) is 0 Å². The van der Waals surface area contributed by atoms with Gasteiger partial charge in [0.15, 0.2) is 0 Å². The number of aromatic amines is 1. The zero-order valence-corrected chi connectivity index (χ0v) is 3.93. The highest BCUT2D eigenvalue weighted by atomic mass is 19.1. The lowest BCUT2D eigenvalue weighted by Gasteiger charge is -1.46. The van der Waals surface area contributed by atoms with Crippen molar-refractivity contribution in [3.8, 4) is 0 Å². The number of rotatable bonds is 0. The normalized spacial score (nSPS) is 6.57. The van der Waals surface area contributed by atoms with Gasteiger partial charge >= 0.3 is 0 Å². The summed E-state index contributed by atoms with van der Waals surface area (Å²) in [5.74, 6) is 0. The Morgan fingerprint density at radius 2 is 2.29 bits per heavy atom. The van der Waals surface area contributed by atoms with E-state index in [4.69, 9.17) is 0 Å². The van der Waals surface area contributed by atoms with Crippen LogP contribution in [0.1, 0.15) is 0 Å². The summed E-state index contributed by atoms with van der Waals surface area (Å²) in [6, 6.07) is 0. The molecule has 0 fully saturated rings. The summed E-state index contributed by atoms with van der Waals surface area (Å²) in [4.78, 5) is 3.56. The minimum absolute atomic E-state index is 0.500. The molecule has 0 aliphatic rings. The van der Waals surface area contributed by atoms with Gasteiger partial charge in [-0.1, -0.05) is 0 Å². The fourth-order valence-corrected chi connectivity index (χ4v) is 0.167. The summed E-state index contributed by atoms with van der Waals surface area (Å²) in [5.41, 5.74) is 0. The first-order valence-corrected chi connectivity index (χ1v) is 1.66. The van der Waals surface area contributed by atoms with Crippen LogP contribution in [0.15, 0.2) is 12.7 Å². The topological polar surface area (TPSA) is 41.6 Å². The van der Waals surface area contributed by atoms with E-state index in [1.165, 1.54) is 12.7 Å². The predicted octanol–water partition coefficient (Wildman–Crippen LogP) is 0.390. The summed E-state index contributed by atoms with van der Waals surface area (Å²) in [6.07, 6.45) is 2.96. The van der Waals surface area contributed by atoms with E-state index >= 15 is 0 Å². The first-order chi connectivity index (χ1) is 3.50. The smallest absolute Gasteiger partial charge is 0.137 e. The zero-order valence-electron chi connectivity index (χ0n) is 3.93. The minimum atomic E-state index is 0.500. The molecule has 0 aromatic carbocycles. The number of nitrogens with one attached hydrogen (secondary N) is 1. The highest BCUT2D eigenvalue weighted by Crippen LogP contribution is 1.53. The first kappa shape index (κ1) is 6.07. The molecule has 7 heavy (non-hydrogen) atoms. The summed E-state index contributed by atoms with van der Waals surface area (Å²) < 4.78 is 9.50. The third-order valence-corrected chi connectivity index (χ3v) is 0.331. The molecule has 0 aliphatic heterocycles. The van der Waals surface area contributed by atoms with Crippen molar-refractivity contribution in [3.05, 3.63) is 12.7 Å². The van der Waals surface area contributed by atoms with Crippen LogP contribution in [-0.2, 0) is 0 Å². The van der Waals surface area contributed by atoms with Gasteiger partial charge in [-0.2, -0.15) is 5.10 Å². The van der Waals surface area contributed by atoms with Crippen LogP contribution in [0.2, 0.25) is 0 Å². The first-order valence-electron chi connectivity index (χ1n) is 1.66. The third kappa shape index (κ3) is 2.88. The van der Waals surface area contributed by atoms with E-state index in [-0.39, 0.29) is 0 Å². The molecule has 0 bridgehead atoms. The molecule has 0 saturated heterocycles. The van der Waals surface area contributed by atoms with Crippen molar-refractivity contribution in [2.45, 2.75) is 0 Å². The van der Waals surface area contributed by atoms with Gasteiger partial charge < -0.3 is 0 Å². The largest absolute Gasteiger partial charge is 0.266 e. The van der Waals surface area contributed by atoms with Gasteiger partial charge in [0.1, 0.15) is 12.7 Å². The van der Waals surface area contributed by atoms with E-state index in [2.05, 4.69) is 15.2 Å². The van der Waals surface area contributed by atoms with Crippen molar-refractivity contribution in [1.29, 1.82) is 0 Å². The van der Waals surface area contributed by atoms with Gasteiger partial charge in [0, 0.05) is 0 Å². The van der Waals surface area contributed by atoms with Crippen LogP contribution in [0.3, 0.4) is 0 Å². The second-order valence-electron chi connectivity index (χ2n) is 0.652. The average Bonchev–Trinajstić information content (AvgIpc) is 2.23. The number of nitrogens with zero attached hydrogens (tertiary/aromatic N) is 2. The van der Waals surface area contributed by atoms with Crippen LogP contribution in [0.4, 0.5) is 4.39 Å². The Morgan fingerprint density at radius 1 is 1.57 bits per heavy atom. The molecule has 0 saturated carbocycles. The van der Waals surface area contributed by atoms with E-state index < -0.39 is 0 Å². The molecule has 1 N–H and O–H groups in total. The lowest BCUT2D eigenvalue weighted by atomic mass is 11.3. The molecule has 0 atom stereocenters. The molecule has 0 spiro atoms. The Hall–Kier alpha value is -0.930. The fourth-order valence-electron chi connectivity index (χ4n) is 0.167. The number of aromatic nitrogens is 3. The molecule has 1 aromatic rings. The molecule has 1 aromatic heterocycles. The quantitative estimate of drug-likeness (QED) is 0.516. The molecule has 40 valence electrons. The number of hydrogen-bond acceptors (Lipinski definition) is 2. The minimum Gasteiger partial charge on any atom is -0.266 e. The SMILES string of the molecule is CF.c1nc[nH]n1. The molecular weight excluding hydrogens is 97.1 g/mol. The molecule has 3 nitrogen and oxygen atoms in total. The second-order valence-corrected chi connectivity index (χ2v) is 0.652. The van der Waals surface area contributed by atoms with Gasteiger partial charge in [-0.05, 0) is 0 Å². The van der Waals surface area contributed by atoms with Crippen LogP contribution in [-0.4, -0.2) is 22.4 Å². The Morgan fingerprint density at radius 3 is 2.43 bits per heavy atom. The average molecular weight is 103 g/mol. The van der Waals surface area contributed by atoms with Gasteiger partial charge in [0.25, 0.3) is 0 Å². The van der Waals surface area contributed by atoms with Crippen molar-refractivity contribution in [2.75, 3.05) is 7.18 Å². The molecule has 4 heteroatoms. The maximum atomic E-state index is 9.50. The van der Waals surface area contributed by atoms with Crippen molar-refractivity contribution >= 4 is 0 Å². The summed E-state index contributed by atoms with van der Waals surface area (Å²) in [5, 5.41) is 5.99. The Kier molecular flexibility index (Phi) is 4.40. The van der Waals surface area contributed by atoms with Crippen molar-refractivity contribution in [2.24, 2.45) is 0 Å². The maximum Gasteiger partial charge on any atom is 0.137 e. The lowest BCUT2D eigenvalue weighted by molar-refractivity contribution is 0.636. The third-order valence-electron chi connectivity index (χ3n) is 0.331. The molecule has 0 radical (unpaired) electrons. The van der Waals surface area contributed by atoms with E-state index in [9.17, 15) is 4.39 Å². The van der Waals surface area contributed by atoms with Gasteiger partial charge in [0.05, 0.1) is 7.18 Å². The van der Waals surface area contributed by atoms with Gasteiger partial charge in [-0.3, -0.25) is 9.49 Å². The van der Waals surface area contributed by atoms with Crippen LogP contribution < -0.4 is 0 Å². The molecule has 0 unspecified atom stereocenters. The fraction of sp³-hybridized carbons (Fsp3) is 0.333. The van der Waals surface area contributed by atoms with Crippen molar-refractivity contribution in [3.63, 3.8) is 0 Å². The highest BCUT2D eigenvalue weighted by Gasteiger charge is 1.57. The summed E-state index contributed by atoms with van der Waals surface area (Å²) >= 11 is 0. The van der Waals surface area contributed by atoms with Crippen LogP contribution >= 0.6 is 0 Å². The van der Waals surface area contributed by atoms with Crippen molar-refractivity contribution in [1.82, 2.24) is 15.2 Å². The predicted molar refractivity (Wildman–Crippen MR) is 23.4 cm³/mol. The zero-order chi connectivity index (χ0) is 5.54. The highest BCUT2D eigenvalue weighted by molar-refractivity contribution is 4.43. The van der Waals surface area contributed by atoms with Crippen LogP contribution in [0, 0.1) is 0 Å². The maximum absolute atomic E-state index is 9.50. The van der Waals surface area contributed by atoms with Crippen molar-refractivity contribution < 1.29 is 4.39 Å². The van der Waals surface area contributed by atoms with Gasteiger partial charge in [-0.15, -0.1) is 0 Å². The van der Waals surface area contributed by atoms with E-state index in [0.29, 0.717) is 7.18 Å². The Balaban J connectivity index is 0.000000162. The second kappa shape index (κ2) is 5.07. The lowest BCUT2D eigenvalue weighted by Crippen LogP contribution is -1.53. The number of hydrogen-bond donors (Lipinski definition) is 1. The monoisotopic (exact) mass is 103 g/mol. The number of alkyl halides is 1.